The Bertz CT molecular complexity index is 1340. The summed E-state index contributed by atoms with van der Waals surface area (Å²) in [6.45, 7) is 2.70. The SMILES string of the molecule is c1cc(-c2cn(Cc3ccc4cc(CNCC5CCC5)[nH]c4c3)nn2)c2[nH]ncc2c1. The number of nitrogens with one attached hydrogen (secondary N) is 3. The average molecular weight is 412 g/mol. The maximum Gasteiger partial charge on any atom is 0.115 e. The molecule has 0 aliphatic heterocycles. The van der Waals surface area contributed by atoms with Crippen LogP contribution in [0.3, 0.4) is 0 Å². The summed E-state index contributed by atoms with van der Waals surface area (Å²) in [6, 6.07) is 14.9. The second-order valence-electron chi connectivity index (χ2n) is 8.59. The molecule has 0 atom stereocenters. The summed E-state index contributed by atoms with van der Waals surface area (Å²) in [6.07, 6.45) is 7.97. The molecule has 31 heavy (non-hydrogen) atoms. The molecule has 0 bridgehead atoms. The number of H-pyrrole nitrogens is 2. The smallest absolute Gasteiger partial charge is 0.115 e. The van der Waals surface area contributed by atoms with E-state index in [0.717, 1.165) is 41.2 Å². The fraction of sp³-hybridized carbons (Fsp3) is 0.292. The minimum absolute atomic E-state index is 0.677. The van der Waals surface area contributed by atoms with Crippen molar-refractivity contribution in [1.29, 1.82) is 0 Å². The van der Waals surface area contributed by atoms with Crippen LogP contribution in [0.1, 0.15) is 30.5 Å². The molecule has 1 aliphatic carbocycles. The zero-order valence-corrected chi connectivity index (χ0v) is 17.3. The lowest BCUT2D eigenvalue weighted by atomic mass is 9.85. The van der Waals surface area contributed by atoms with Gasteiger partial charge < -0.3 is 10.3 Å². The van der Waals surface area contributed by atoms with Crippen LogP contribution in [0.25, 0.3) is 33.1 Å². The average Bonchev–Trinajstić information content (AvgIpc) is 3.48. The van der Waals surface area contributed by atoms with Crippen LogP contribution in [-0.4, -0.2) is 36.7 Å². The first-order chi connectivity index (χ1) is 15.3. The van der Waals surface area contributed by atoms with E-state index in [0.29, 0.717) is 6.54 Å². The predicted octanol–water partition coefficient (Wildman–Crippen LogP) is 4.24. The molecule has 1 aliphatic rings. The summed E-state index contributed by atoms with van der Waals surface area (Å²) in [5.74, 6) is 0.879. The highest BCUT2D eigenvalue weighted by Gasteiger charge is 2.16. The molecule has 0 saturated heterocycles. The molecule has 0 radical (unpaired) electrons. The number of benzene rings is 2. The summed E-state index contributed by atoms with van der Waals surface area (Å²) >= 11 is 0. The van der Waals surface area contributed by atoms with Gasteiger partial charge in [0, 0.05) is 28.7 Å². The fourth-order valence-corrected chi connectivity index (χ4v) is 4.40. The van der Waals surface area contributed by atoms with Crippen LogP contribution < -0.4 is 5.32 Å². The minimum atomic E-state index is 0.677. The molecule has 2 aromatic carbocycles. The Labute approximate surface area is 179 Å². The van der Waals surface area contributed by atoms with Gasteiger partial charge in [0.05, 0.1) is 24.5 Å². The van der Waals surface area contributed by atoms with Crippen molar-refractivity contribution in [3.63, 3.8) is 0 Å². The fourth-order valence-electron chi connectivity index (χ4n) is 4.40. The third-order valence-corrected chi connectivity index (χ3v) is 6.35. The lowest BCUT2D eigenvalue weighted by Gasteiger charge is -2.25. The van der Waals surface area contributed by atoms with Gasteiger partial charge in [0.25, 0.3) is 0 Å². The highest BCUT2D eigenvalue weighted by Crippen LogP contribution is 2.26. The van der Waals surface area contributed by atoms with E-state index >= 15 is 0 Å². The topological polar surface area (TPSA) is 87.2 Å². The normalized spacial score (nSPS) is 14.5. The van der Waals surface area contributed by atoms with Crippen LogP contribution in [0.4, 0.5) is 0 Å². The maximum absolute atomic E-state index is 4.39. The number of hydrogen-bond donors (Lipinski definition) is 3. The first kappa shape index (κ1) is 18.3. The predicted molar refractivity (Wildman–Crippen MR) is 122 cm³/mol. The van der Waals surface area contributed by atoms with Gasteiger partial charge in [0.2, 0.25) is 0 Å². The number of nitrogens with zero attached hydrogens (tertiary/aromatic N) is 4. The molecule has 3 N–H and O–H groups in total. The van der Waals surface area contributed by atoms with Gasteiger partial charge in [-0.15, -0.1) is 5.10 Å². The zero-order chi connectivity index (χ0) is 20.6. The van der Waals surface area contributed by atoms with E-state index in [2.05, 4.69) is 55.1 Å². The molecular formula is C24H25N7. The first-order valence-corrected chi connectivity index (χ1v) is 11.0. The van der Waals surface area contributed by atoms with Crippen LogP contribution in [0.5, 0.6) is 0 Å². The van der Waals surface area contributed by atoms with E-state index in [1.807, 2.05) is 35.3 Å². The molecule has 3 aromatic heterocycles. The summed E-state index contributed by atoms with van der Waals surface area (Å²) in [4.78, 5) is 3.56. The monoisotopic (exact) mass is 411 g/mol. The number of fused-ring (bicyclic) bond motifs is 2. The van der Waals surface area contributed by atoms with Gasteiger partial charge in [-0.25, -0.2) is 4.68 Å². The molecule has 7 heteroatoms. The third-order valence-electron chi connectivity index (χ3n) is 6.35. The number of aromatic nitrogens is 6. The molecule has 1 saturated carbocycles. The second kappa shape index (κ2) is 7.67. The Morgan fingerprint density at radius 2 is 2.06 bits per heavy atom. The van der Waals surface area contributed by atoms with Gasteiger partial charge in [-0.1, -0.05) is 42.0 Å². The molecule has 1 fully saturated rings. The van der Waals surface area contributed by atoms with Crippen molar-refractivity contribution in [3.05, 3.63) is 66.1 Å². The Morgan fingerprint density at radius 1 is 1.10 bits per heavy atom. The van der Waals surface area contributed by atoms with Gasteiger partial charge >= 0.3 is 0 Å². The van der Waals surface area contributed by atoms with Crippen LogP contribution in [0, 0.1) is 5.92 Å². The second-order valence-corrected chi connectivity index (χ2v) is 8.59. The Hall–Kier alpha value is -3.45. The lowest BCUT2D eigenvalue weighted by Crippen LogP contribution is -2.26. The third kappa shape index (κ3) is 3.61. The van der Waals surface area contributed by atoms with Crippen LogP contribution >= 0.6 is 0 Å². The molecular weight excluding hydrogens is 386 g/mol. The van der Waals surface area contributed by atoms with Crippen molar-refractivity contribution in [2.45, 2.75) is 32.4 Å². The van der Waals surface area contributed by atoms with E-state index in [9.17, 15) is 0 Å². The summed E-state index contributed by atoms with van der Waals surface area (Å²) < 4.78 is 1.88. The standard InChI is InChI=1S/C24H25N7/c1-3-16(4-1)11-25-13-20-10-18-8-7-17(9-22(18)27-20)14-31-15-23(28-30-31)21-6-2-5-19-12-26-29-24(19)21/h2,5-10,12,15-16,25,27H,1,3-4,11,13-14H2,(H,26,29). The van der Waals surface area contributed by atoms with Crippen molar-refractivity contribution in [2.75, 3.05) is 6.54 Å². The number of para-hydroxylation sites is 1. The van der Waals surface area contributed by atoms with Crippen molar-refractivity contribution in [1.82, 2.24) is 35.5 Å². The van der Waals surface area contributed by atoms with Gasteiger partial charge in [-0.2, -0.15) is 5.10 Å². The molecule has 0 amide bonds. The molecule has 156 valence electrons. The quantitative estimate of drug-likeness (QED) is 0.374. The number of aromatic amines is 2. The summed E-state index contributed by atoms with van der Waals surface area (Å²) in [5, 5.41) is 21.8. The minimum Gasteiger partial charge on any atom is -0.357 e. The highest BCUT2D eigenvalue weighted by atomic mass is 15.4. The lowest BCUT2D eigenvalue weighted by molar-refractivity contribution is 0.301. The first-order valence-electron chi connectivity index (χ1n) is 11.0. The van der Waals surface area contributed by atoms with Crippen LogP contribution in [0.15, 0.2) is 54.9 Å². The van der Waals surface area contributed by atoms with Crippen molar-refractivity contribution in [2.24, 2.45) is 5.92 Å². The molecule has 5 aromatic rings. The van der Waals surface area contributed by atoms with Crippen molar-refractivity contribution >= 4 is 21.8 Å². The Kier molecular flexibility index (Phi) is 4.53. The molecule has 0 spiro atoms. The van der Waals surface area contributed by atoms with Gasteiger partial charge in [0.15, 0.2) is 0 Å². The largest absolute Gasteiger partial charge is 0.357 e. The summed E-state index contributed by atoms with van der Waals surface area (Å²) in [5.41, 5.74) is 6.44. The van der Waals surface area contributed by atoms with E-state index in [-0.39, 0.29) is 0 Å². The zero-order valence-electron chi connectivity index (χ0n) is 17.3. The number of rotatable bonds is 7. The van der Waals surface area contributed by atoms with Crippen molar-refractivity contribution < 1.29 is 0 Å². The van der Waals surface area contributed by atoms with Gasteiger partial charge in [-0.05, 0) is 48.4 Å². The molecule has 7 nitrogen and oxygen atoms in total. The molecule has 0 unspecified atom stereocenters. The van der Waals surface area contributed by atoms with E-state index in [1.165, 1.54) is 41.4 Å². The van der Waals surface area contributed by atoms with E-state index in [1.54, 1.807) is 0 Å². The van der Waals surface area contributed by atoms with Crippen LogP contribution in [-0.2, 0) is 13.1 Å². The molecule has 6 rings (SSSR count). The highest BCUT2D eigenvalue weighted by molar-refractivity contribution is 5.92. The Morgan fingerprint density at radius 3 is 2.97 bits per heavy atom. The molecule has 3 heterocycles. The maximum atomic E-state index is 4.39. The van der Waals surface area contributed by atoms with Gasteiger partial charge in [-0.3, -0.25) is 5.10 Å². The summed E-state index contributed by atoms with van der Waals surface area (Å²) in [7, 11) is 0. The van der Waals surface area contributed by atoms with Crippen LogP contribution in [0.2, 0.25) is 0 Å². The Balaban J connectivity index is 1.17. The number of hydrogen-bond acceptors (Lipinski definition) is 4. The van der Waals surface area contributed by atoms with E-state index < -0.39 is 0 Å². The van der Waals surface area contributed by atoms with Crippen molar-refractivity contribution in [3.8, 4) is 11.3 Å². The van der Waals surface area contributed by atoms with Gasteiger partial charge in [0.1, 0.15) is 5.69 Å². The van der Waals surface area contributed by atoms with E-state index in [4.69, 9.17) is 0 Å².